The van der Waals surface area contributed by atoms with E-state index in [0.717, 1.165) is 0 Å². The summed E-state index contributed by atoms with van der Waals surface area (Å²) >= 11 is 0. The van der Waals surface area contributed by atoms with Gasteiger partial charge in [-0.15, -0.1) is 0 Å². The lowest BCUT2D eigenvalue weighted by Crippen LogP contribution is -2.32. The zero-order chi connectivity index (χ0) is 12.1. The number of nitrogens with two attached hydrogens (primary N) is 1. The molecule has 5 heteroatoms. The third-order valence-electron chi connectivity index (χ3n) is 2.19. The molecule has 0 radical (unpaired) electrons. The highest BCUT2D eigenvalue weighted by Gasteiger charge is 2.13. The molecule has 4 nitrogen and oxygen atoms in total. The van der Waals surface area contributed by atoms with Gasteiger partial charge in [0.1, 0.15) is 11.8 Å². The molecule has 0 aliphatic rings. The summed E-state index contributed by atoms with van der Waals surface area (Å²) in [7, 11) is 0. The number of aromatic hydroxyl groups is 1. The van der Waals surface area contributed by atoms with Gasteiger partial charge in [-0.25, -0.2) is 0 Å². The van der Waals surface area contributed by atoms with Crippen molar-refractivity contribution >= 4 is 5.97 Å². The van der Waals surface area contributed by atoms with Gasteiger partial charge in [-0.2, -0.15) is 0 Å². The maximum atomic E-state index is 12.1. The van der Waals surface area contributed by atoms with E-state index in [2.05, 4.69) is 0 Å². The number of halogens is 1. The maximum Gasteiger partial charge on any atom is 0.320 e. The molecule has 0 saturated heterocycles. The first-order valence-corrected chi connectivity index (χ1v) is 4.89. The number of phenolic OH excluding ortho intramolecular Hbond substituents is 1. The SMILES string of the molecule is N[C@H](Cc1cc(O)cc(CCF)c1)C(=O)O. The minimum atomic E-state index is -1.10. The number of aryl methyl sites for hydroxylation is 1. The highest BCUT2D eigenvalue weighted by Crippen LogP contribution is 2.17. The lowest BCUT2D eigenvalue weighted by atomic mass is 10.0. The van der Waals surface area contributed by atoms with Crippen molar-refractivity contribution in [2.75, 3.05) is 6.67 Å². The predicted octanol–water partition coefficient (Wildman–Crippen LogP) is 0.859. The molecule has 0 spiro atoms. The van der Waals surface area contributed by atoms with Crippen molar-refractivity contribution in [2.45, 2.75) is 18.9 Å². The maximum absolute atomic E-state index is 12.1. The summed E-state index contributed by atoms with van der Waals surface area (Å²) < 4.78 is 12.1. The number of phenols is 1. The third kappa shape index (κ3) is 3.51. The van der Waals surface area contributed by atoms with Gasteiger partial charge >= 0.3 is 5.97 Å². The van der Waals surface area contributed by atoms with E-state index in [0.29, 0.717) is 11.1 Å². The van der Waals surface area contributed by atoms with Crippen molar-refractivity contribution in [3.8, 4) is 5.75 Å². The van der Waals surface area contributed by atoms with Crippen LogP contribution in [0, 0.1) is 0 Å². The number of hydrogen-bond acceptors (Lipinski definition) is 3. The van der Waals surface area contributed by atoms with Crippen molar-refractivity contribution in [1.82, 2.24) is 0 Å². The van der Waals surface area contributed by atoms with Crippen molar-refractivity contribution in [1.29, 1.82) is 0 Å². The minimum absolute atomic E-state index is 0.00135. The molecule has 1 atom stereocenters. The summed E-state index contributed by atoms with van der Waals surface area (Å²) in [6, 6.07) is 3.53. The van der Waals surface area contributed by atoms with Gasteiger partial charge < -0.3 is 15.9 Å². The van der Waals surface area contributed by atoms with Crippen LogP contribution in [0.5, 0.6) is 5.75 Å². The van der Waals surface area contributed by atoms with E-state index in [1.54, 1.807) is 6.07 Å². The number of aliphatic carboxylic acids is 1. The van der Waals surface area contributed by atoms with Crippen LogP contribution in [-0.4, -0.2) is 28.9 Å². The summed E-state index contributed by atoms with van der Waals surface area (Å²) in [5.41, 5.74) is 6.60. The van der Waals surface area contributed by atoms with Crippen molar-refractivity contribution in [2.24, 2.45) is 5.73 Å². The molecule has 0 saturated carbocycles. The number of hydrogen-bond donors (Lipinski definition) is 3. The second-order valence-corrected chi connectivity index (χ2v) is 3.60. The second kappa shape index (κ2) is 5.46. The number of benzene rings is 1. The Balaban J connectivity index is 2.83. The first kappa shape index (κ1) is 12.4. The molecule has 16 heavy (non-hydrogen) atoms. The summed E-state index contributed by atoms with van der Waals surface area (Å²) in [6.45, 7) is -0.520. The topological polar surface area (TPSA) is 83.5 Å². The first-order chi connectivity index (χ1) is 7.52. The monoisotopic (exact) mass is 227 g/mol. The van der Waals surface area contributed by atoms with Gasteiger partial charge in [0.05, 0.1) is 6.67 Å². The van der Waals surface area contributed by atoms with Crippen LogP contribution in [0.4, 0.5) is 4.39 Å². The Hall–Kier alpha value is -1.62. The average Bonchev–Trinajstić information content (AvgIpc) is 2.16. The number of alkyl halides is 1. The Kier molecular flexibility index (Phi) is 4.25. The summed E-state index contributed by atoms with van der Waals surface area (Å²) in [4.78, 5) is 10.6. The van der Waals surface area contributed by atoms with Crippen LogP contribution in [0.3, 0.4) is 0 Å². The van der Waals surface area contributed by atoms with Crippen molar-refractivity contribution < 1.29 is 19.4 Å². The molecule has 0 amide bonds. The predicted molar refractivity (Wildman–Crippen MR) is 57.1 cm³/mol. The molecule has 0 fully saturated rings. The van der Waals surface area contributed by atoms with Crippen LogP contribution in [0.2, 0.25) is 0 Å². The Morgan fingerprint density at radius 1 is 1.38 bits per heavy atom. The van der Waals surface area contributed by atoms with E-state index in [1.165, 1.54) is 12.1 Å². The van der Waals surface area contributed by atoms with Gasteiger partial charge in [0, 0.05) is 6.42 Å². The van der Waals surface area contributed by atoms with Gasteiger partial charge in [-0.1, -0.05) is 6.07 Å². The van der Waals surface area contributed by atoms with Crippen LogP contribution in [0.15, 0.2) is 18.2 Å². The third-order valence-corrected chi connectivity index (χ3v) is 2.19. The number of carbonyl (C=O) groups is 1. The van der Waals surface area contributed by atoms with Crippen molar-refractivity contribution in [3.63, 3.8) is 0 Å². The molecular weight excluding hydrogens is 213 g/mol. The van der Waals surface area contributed by atoms with Gasteiger partial charge in [-0.05, 0) is 29.7 Å². The normalized spacial score (nSPS) is 12.4. The smallest absolute Gasteiger partial charge is 0.320 e. The van der Waals surface area contributed by atoms with Crippen molar-refractivity contribution in [3.05, 3.63) is 29.3 Å². The summed E-state index contributed by atoms with van der Waals surface area (Å²) in [6.07, 6.45) is 0.312. The van der Waals surface area contributed by atoms with E-state index in [4.69, 9.17) is 10.8 Å². The van der Waals surface area contributed by atoms with Crippen LogP contribution in [-0.2, 0) is 17.6 Å². The molecule has 0 unspecified atom stereocenters. The number of carboxylic acids is 1. The van der Waals surface area contributed by atoms with Gasteiger partial charge in [0.2, 0.25) is 0 Å². The molecule has 1 aromatic rings. The molecule has 1 aromatic carbocycles. The largest absolute Gasteiger partial charge is 0.508 e. The standard InChI is InChI=1S/C11H14FNO3/c12-2-1-7-3-8(5-9(14)4-7)6-10(13)11(15)16/h3-5,10,14H,1-2,6,13H2,(H,15,16)/t10-/m1/s1. The molecular formula is C11H14FNO3. The Morgan fingerprint density at radius 3 is 2.56 bits per heavy atom. The minimum Gasteiger partial charge on any atom is -0.508 e. The molecule has 0 aromatic heterocycles. The molecule has 4 N–H and O–H groups in total. The Bertz CT molecular complexity index is 381. The van der Waals surface area contributed by atoms with Crippen LogP contribution in [0.1, 0.15) is 11.1 Å². The van der Waals surface area contributed by atoms with Crippen LogP contribution < -0.4 is 5.73 Å². The lowest BCUT2D eigenvalue weighted by molar-refractivity contribution is -0.138. The van der Waals surface area contributed by atoms with E-state index < -0.39 is 18.7 Å². The zero-order valence-corrected chi connectivity index (χ0v) is 8.69. The van der Waals surface area contributed by atoms with Crippen LogP contribution in [0.25, 0.3) is 0 Å². The fraction of sp³-hybridized carbons (Fsp3) is 0.364. The fourth-order valence-electron chi connectivity index (χ4n) is 1.46. The van der Waals surface area contributed by atoms with Crippen LogP contribution >= 0.6 is 0 Å². The first-order valence-electron chi connectivity index (χ1n) is 4.89. The number of rotatable bonds is 5. The van der Waals surface area contributed by atoms with E-state index in [9.17, 15) is 14.3 Å². The fourth-order valence-corrected chi connectivity index (χ4v) is 1.46. The number of carboxylic acid groups (broad SMARTS) is 1. The van der Waals surface area contributed by atoms with E-state index in [-0.39, 0.29) is 18.6 Å². The quantitative estimate of drug-likeness (QED) is 0.696. The Morgan fingerprint density at radius 2 is 2.00 bits per heavy atom. The highest BCUT2D eigenvalue weighted by atomic mass is 19.1. The molecule has 0 aliphatic carbocycles. The van der Waals surface area contributed by atoms with E-state index >= 15 is 0 Å². The van der Waals surface area contributed by atoms with Gasteiger partial charge in [0.15, 0.2) is 0 Å². The molecule has 0 bridgehead atoms. The summed E-state index contributed by atoms with van der Waals surface area (Å²) in [5.74, 6) is -1.10. The molecule has 1 rings (SSSR count). The zero-order valence-electron chi connectivity index (χ0n) is 8.69. The molecule has 0 aliphatic heterocycles. The molecule has 0 heterocycles. The lowest BCUT2D eigenvalue weighted by Gasteiger charge is -2.08. The second-order valence-electron chi connectivity index (χ2n) is 3.60. The highest BCUT2D eigenvalue weighted by molar-refractivity contribution is 5.73. The van der Waals surface area contributed by atoms with Gasteiger partial charge in [-0.3, -0.25) is 9.18 Å². The van der Waals surface area contributed by atoms with Gasteiger partial charge in [0.25, 0.3) is 0 Å². The Labute approximate surface area is 92.5 Å². The average molecular weight is 227 g/mol. The molecule has 88 valence electrons. The van der Waals surface area contributed by atoms with E-state index in [1.807, 2.05) is 0 Å². The summed E-state index contributed by atoms with van der Waals surface area (Å²) in [5, 5.41) is 18.0.